The molecule has 1 aromatic carbocycles. The van der Waals surface area contributed by atoms with Crippen molar-refractivity contribution in [3.63, 3.8) is 0 Å². The van der Waals surface area contributed by atoms with Crippen molar-refractivity contribution in [3.05, 3.63) is 51.7 Å². The second-order valence-corrected chi connectivity index (χ2v) is 7.29. The minimum Gasteiger partial charge on any atom is -0.381 e. The maximum Gasteiger partial charge on any atom is 0.319 e. The van der Waals surface area contributed by atoms with E-state index in [-0.39, 0.29) is 11.4 Å². The molecule has 2 amide bonds. The smallest absolute Gasteiger partial charge is 0.319 e. The highest BCUT2D eigenvalue weighted by Crippen LogP contribution is 2.35. The summed E-state index contributed by atoms with van der Waals surface area (Å²) >= 11 is 1.70. The van der Waals surface area contributed by atoms with Gasteiger partial charge in [0.05, 0.1) is 0 Å². The number of amides is 2. The molecule has 2 N–H and O–H groups in total. The lowest BCUT2D eigenvalue weighted by Crippen LogP contribution is -2.45. The van der Waals surface area contributed by atoms with Gasteiger partial charge in [-0.15, -0.1) is 0 Å². The summed E-state index contributed by atoms with van der Waals surface area (Å²) in [7, 11) is 0. The van der Waals surface area contributed by atoms with Gasteiger partial charge in [-0.2, -0.15) is 11.3 Å². The molecule has 0 atom stereocenters. The largest absolute Gasteiger partial charge is 0.381 e. The molecule has 1 saturated heterocycles. The zero-order valence-corrected chi connectivity index (χ0v) is 15.0. The van der Waals surface area contributed by atoms with Gasteiger partial charge in [-0.25, -0.2) is 4.79 Å². The van der Waals surface area contributed by atoms with Crippen molar-refractivity contribution in [1.29, 1.82) is 0 Å². The van der Waals surface area contributed by atoms with Crippen LogP contribution in [0.3, 0.4) is 0 Å². The van der Waals surface area contributed by atoms with Crippen LogP contribution in [-0.4, -0.2) is 25.8 Å². The zero-order chi connectivity index (χ0) is 17.0. The molecule has 2 aromatic rings. The molecule has 128 valence electrons. The Hall–Kier alpha value is -1.85. The van der Waals surface area contributed by atoms with Gasteiger partial charge in [0.15, 0.2) is 0 Å². The van der Waals surface area contributed by atoms with Crippen LogP contribution in [0, 0.1) is 13.8 Å². The summed E-state index contributed by atoms with van der Waals surface area (Å²) in [5.74, 6) is 0. The summed E-state index contributed by atoms with van der Waals surface area (Å²) in [6.45, 7) is 6.23. The molecule has 0 saturated carbocycles. The standard InChI is InChI=1S/C19H24N2O2S/c1-14-3-4-17(11-15(14)2)21-18(22)20-13-19(6-8-23-9-7-19)16-5-10-24-12-16/h3-5,10-12H,6-9,13H2,1-2H3,(H2,20,21,22). The maximum absolute atomic E-state index is 12.3. The Morgan fingerprint density at radius 3 is 2.67 bits per heavy atom. The number of benzene rings is 1. The van der Waals surface area contributed by atoms with E-state index in [1.807, 2.05) is 25.1 Å². The Kier molecular flexibility index (Phi) is 5.21. The first kappa shape index (κ1) is 17.0. The highest BCUT2D eigenvalue weighted by Gasteiger charge is 2.35. The van der Waals surface area contributed by atoms with Gasteiger partial charge in [0.2, 0.25) is 0 Å². The van der Waals surface area contributed by atoms with E-state index in [4.69, 9.17) is 4.74 Å². The lowest BCUT2D eigenvalue weighted by atomic mass is 9.75. The zero-order valence-electron chi connectivity index (χ0n) is 14.2. The monoisotopic (exact) mass is 344 g/mol. The van der Waals surface area contributed by atoms with Crippen LogP contribution in [-0.2, 0) is 10.2 Å². The summed E-state index contributed by atoms with van der Waals surface area (Å²) in [6.07, 6.45) is 1.88. The predicted molar refractivity (Wildman–Crippen MR) is 99.0 cm³/mol. The van der Waals surface area contributed by atoms with Gasteiger partial charge in [-0.3, -0.25) is 0 Å². The van der Waals surface area contributed by atoms with E-state index >= 15 is 0 Å². The average Bonchev–Trinajstić information content (AvgIpc) is 3.13. The molecule has 0 aliphatic carbocycles. The molecule has 4 nitrogen and oxygen atoms in total. The number of hydrogen-bond acceptors (Lipinski definition) is 3. The van der Waals surface area contributed by atoms with Gasteiger partial charge in [-0.1, -0.05) is 6.07 Å². The van der Waals surface area contributed by atoms with Gasteiger partial charge in [-0.05, 0) is 72.3 Å². The summed E-state index contributed by atoms with van der Waals surface area (Å²) < 4.78 is 5.52. The molecular weight excluding hydrogens is 320 g/mol. The molecule has 0 bridgehead atoms. The highest BCUT2D eigenvalue weighted by atomic mass is 32.1. The van der Waals surface area contributed by atoms with Crippen molar-refractivity contribution in [3.8, 4) is 0 Å². The van der Waals surface area contributed by atoms with E-state index in [0.29, 0.717) is 6.54 Å². The summed E-state index contributed by atoms with van der Waals surface area (Å²) in [4.78, 5) is 12.3. The topological polar surface area (TPSA) is 50.4 Å². The number of nitrogens with one attached hydrogen (secondary N) is 2. The molecule has 1 aliphatic rings. The van der Waals surface area contributed by atoms with Crippen molar-refractivity contribution in [2.24, 2.45) is 0 Å². The Labute approximate surface area is 147 Å². The van der Waals surface area contributed by atoms with E-state index in [0.717, 1.165) is 31.7 Å². The number of carbonyl (C=O) groups excluding carboxylic acids is 1. The van der Waals surface area contributed by atoms with E-state index in [2.05, 4.69) is 34.4 Å². The van der Waals surface area contributed by atoms with Gasteiger partial charge in [0.1, 0.15) is 0 Å². The van der Waals surface area contributed by atoms with Gasteiger partial charge in [0, 0.05) is 30.9 Å². The Morgan fingerprint density at radius 2 is 2.00 bits per heavy atom. The number of ether oxygens (including phenoxy) is 1. The number of hydrogen-bond donors (Lipinski definition) is 2. The number of rotatable bonds is 4. The Morgan fingerprint density at radius 1 is 1.21 bits per heavy atom. The minimum absolute atomic E-state index is 0.0151. The SMILES string of the molecule is Cc1ccc(NC(=O)NCC2(c3ccsc3)CCOCC2)cc1C. The van der Waals surface area contributed by atoms with Crippen molar-refractivity contribution in [1.82, 2.24) is 5.32 Å². The van der Waals surface area contributed by atoms with Crippen LogP contribution in [0.1, 0.15) is 29.5 Å². The third-order valence-corrected chi connectivity index (χ3v) is 5.62. The average molecular weight is 344 g/mol. The third-order valence-electron chi connectivity index (χ3n) is 4.94. The summed E-state index contributed by atoms with van der Waals surface area (Å²) in [6, 6.07) is 7.97. The lowest BCUT2D eigenvalue weighted by molar-refractivity contribution is 0.0510. The number of urea groups is 1. The van der Waals surface area contributed by atoms with Gasteiger partial charge in [0.25, 0.3) is 0 Å². The Bertz CT molecular complexity index is 691. The van der Waals surface area contributed by atoms with Crippen molar-refractivity contribution in [2.45, 2.75) is 32.1 Å². The maximum atomic E-state index is 12.3. The van der Waals surface area contributed by atoms with Crippen LogP contribution in [0.15, 0.2) is 35.0 Å². The fourth-order valence-corrected chi connectivity index (χ4v) is 3.92. The van der Waals surface area contributed by atoms with Crippen molar-refractivity contribution < 1.29 is 9.53 Å². The number of thiophene rings is 1. The number of anilines is 1. The Balaban J connectivity index is 1.64. The van der Waals surface area contributed by atoms with E-state index in [9.17, 15) is 4.79 Å². The molecule has 1 aliphatic heterocycles. The van der Waals surface area contributed by atoms with Gasteiger partial charge >= 0.3 is 6.03 Å². The molecule has 24 heavy (non-hydrogen) atoms. The minimum atomic E-state index is -0.153. The quantitative estimate of drug-likeness (QED) is 0.872. The van der Waals surface area contributed by atoms with Crippen LogP contribution >= 0.6 is 11.3 Å². The van der Waals surface area contributed by atoms with Crippen LogP contribution in [0.4, 0.5) is 10.5 Å². The fraction of sp³-hybridized carbons (Fsp3) is 0.421. The highest BCUT2D eigenvalue weighted by molar-refractivity contribution is 7.08. The molecule has 1 aromatic heterocycles. The molecule has 0 radical (unpaired) electrons. The second kappa shape index (κ2) is 7.36. The molecule has 1 fully saturated rings. The first-order valence-corrected chi connectivity index (χ1v) is 9.26. The van der Waals surface area contributed by atoms with Gasteiger partial charge < -0.3 is 15.4 Å². The molecule has 2 heterocycles. The van der Waals surface area contributed by atoms with Crippen LogP contribution in [0.25, 0.3) is 0 Å². The van der Waals surface area contributed by atoms with E-state index in [1.165, 1.54) is 16.7 Å². The number of carbonyl (C=O) groups is 1. The van der Waals surface area contributed by atoms with Crippen LogP contribution < -0.4 is 10.6 Å². The van der Waals surface area contributed by atoms with E-state index < -0.39 is 0 Å². The lowest BCUT2D eigenvalue weighted by Gasteiger charge is -2.37. The predicted octanol–water partition coefficient (Wildman–Crippen LogP) is 4.23. The molecule has 5 heteroatoms. The number of aryl methyl sites for hydroxylation is 2. The first-order chi connectivity index (χ1) is 11.6. The second-order valence-electron chi connectivity index (χ2n) is 6.51. The van der Waals surface area contributed by atoms with Crippen LogP contribution in [0.2, 0.25) is 0 Å². The summed E-state index contributed by atoms with van der Waals surface area (Å²) in [5.41, 5.74) is 4.51. The van der Waals surface area contributed by atoms with Crippen LogP contribution in [0.5, 0.6) is 0 Å². The summed E-state index contributed by atoms with van der Waals surface area (Å²) in [5, 5.41) is 10.3. The molecule has 3 rings (SSSR count). The van der Waals surface area contributed by atoms with E-state index in [1.54, 1.807) is 11.3 Å². The first-order valence-electron chi connectivity index (χ1n) is 8.32. The fourth-order valence-electron chi connectivity index (χ4n) is 3.14. The van der Waals surface area contributed by atoms with Crippen molar-refractivity contribution in [2.75, 3.05) is 25.1 Å². The molecular formula is C19H24N2O2S. The third kappa shape index (κ3) is 3.79. The normalized spacial score (nSPS) is 16.6. The molecule has 0 spiro atoms. The van der Waals surface area contributed by atoms with Crippen molar-refractivity contribution >= 4 is 23.1 Å². The molecule has 0 unspecified atom stereocenters.